The highest BCUT2D eigenvalue weighted by Crippen LogP contribution is 2.25. The maximum Gasteiger partial charge on any atom is 0.410 e. The van der Waals surface area contributed by atoms with Gasteiger partial charge in [0, 0.05) is 32.0 Å². The number of anilines is 1. The number of ether oxygens (including phenoxy) is 1. The Labute approximate surface area is 126 Å². The van der Waals surface area contributed by atoms with Gasteiger partial charge in [0.05, 0.1) is 5.54 Å². The molecular formula is C15H24N4O2. The lowest BCUT2D eigenvalue weighted by atomic mass is 9.99. The number of piperazine rings is 1. The molecular weight excluding hydrogens is 268 g/mol. The summed E-state index contributed by atoms with van der Waals surface area (Å²) in [6.45, 7) is 11.7. The molecule has 1 fully saturated rings. The number of hydrogen-bond acceptors (Lipinski definition) is 5. The van der Waals surface area contributed by atoms with Crippen LogP contribution in [0.5, 0.6) is 0 Å². The molecule has 1 amide bonds. The predicted octanol–water partition coefficient (Wildman–Crippen LogP) is 2.31. The molecule has 1 saturated heterocycles. The van der Waals surface area contributed by atoms with Gasteiger partial charge in [-0.15, -0.1) is 0 Å². The molecule has 0 saturated carbocycles. The summed E-state index contributed by atoms with van der Waals surface area (Å²) in [5.74, 6) is 0.700. The van der Waals surface area contributed by atoms with Crippen molar-refractivity contribution in [3.8, 4) is 0 Å². The van der Waals surface area contributed by atoms with E-state index in [0.29, 0.717) is 25.6 Å². The van der Waals surface area contributed by atoms with Crippen molar-refractivity contribution in [1.29, 1.82) is 0 Å². The maximum atomic E-state index is 12.2. The van der Waals surface area contributed by atoms with E-state index in [1.807, 2.05) is 20.8 Å². The summed E-state index contributed by atoms with van der Waals surface area (Å²) in [5, 5.41) is 0. The highest BCUT2D eigenvalue weighted by atomic mass is 16.6. The fourth-order valence-corrected chi connectivity index (χ4v) is 2.44. The highest BCUT2D eigenvalue weighted by Gasteiger charge is 2.38. The van der Waals surface area contributed by atoms with E-state index in [2.05, 4.69) is 28.7 Å². The van der Waals surface area contributed by atoms with Crippen molar-refractivity contribution in [2.45, 2.75) is 45.8 Å². The van der Waals surface area contributed by atoms with E-state index >= 15 is 0 Å². The van der Waals surface area contributed by atoms with E-state index in [1.54, 1.807) is 23.4 Å². The molecule has 0 atom stereocenters. The van der Waals surface area contributed by atoms with Crippen molar-refractivity contribution >= 4 is 12.0 Å². The van der Waals surface area contributed by atoms with Crippen LogP contribution in [-0.2, 0) is 4.74 Å². The Morgan fingerprint density at radius 1 is 1.24 bits per heavy atom. The second-order valence-electron chi connectivity index (χ2n) is 6.91. The molecule has 21 heavy (non-hydrogen) atoms. The van der Waals surface area contributed by atoms with Crippen molar-refractivity contribution in [3.63, 3.8) is 0 Å². The molecule has 0 spiro atoms. The Morgan fingerprint density at radius 2 is 1.86 bits per heavy atom. The van der Waals surface area contributed by atoms with Crippen LogP contribution in [0.15, 0.2) is 18.5 Å². The molecule has 2 rings (SSSR count). The van der Waals surface area contributed by atoms with E-state index in [1.165, 1.54) is 0 Å². The van der Waals surface area contributed by atoms with Crippen LogP contribution in [0.2, 0.25) is 0 Å². The molecule has 6 heteroatoms. The second-order valence-corrected chi connectivity index (χ2v) is 6.91. The summed E-state index contributed by atoms with van der Waals surface area (Å²) >= 11 is 0. The van der Waals surface area contributed by atoms with Gasteiger partial charge < -0.3 is 14.5 Å². The van der Waals surface area contributed by atoms with Gasteiger partial charge in [-0.3, -0.25) is 0 Å². The van der Waals surface area contributed by atoms with E-state index in [0.717, 1.165) is 0 Å². The lowest BCUT2D eigenvalue weighted by Gasteiger charge is -2.46. The van der Waals surface area contributed by atoms with Crippen LogP contribution in [-0.4, -0.2) is 51.7 Å². The zero-order valence-electron chi connectivity index (χ0n) is 13.5. The molecule has 116 valence electrons. The summed E-state index contributed by atoms with van der Waals surface area (Å²) in [6.07, 6.45) is 3.21. The average molecular weight is 292 g/mol. The van der Waals surface area contributed by atoms with E-state index < -0.39 is 5.60 Å². The third-order valence-corrected chi connectivity index (χ3v) is 3.35. The SMILES string of the molecule is CC(C)(C)OC(=O)N1CCN(c2ncccn2)C(C)(C)C1. The van der Waals surface area contributed by atoms with Crippen molar-refractivity contribution in [2.75, 3.05) is 24.5 Å². The minimum absolute atomic E-state index is 0.240. The smallest absolute Gasteiger partial charge is 0.410 e. The van der Waals surface area contributed by atoms with Crippen molar-refractivity contribution in [3.05, 3.63) is 18.5 Å². The van der Waals surface area contributed by atoms with Gasteiger partial charge in [-0.05, 0) is 40.7 Å². The number of rotatable bonds is 1. The number of amides is 1. The first-order chi connectivity index (χ1) is 9.69. The largest absolute Gasteiger partial charge is 0.444 e. The van der Waals surface area contributed by atoms with E-state index in [9.17, 15) is 4.79 Å². The molecule has 0 N–H and O–H groups in total. The van der Waals surface area contributed by atoms with Crippen LogP contribution in [0.1, 0.15) is 34.6 Å². The van der Waals surface area contributed by atoms with Gasteiger partial charge in [0.1, 0.15) is 5.60 Å². The van der Waals surface area contributed by atoms with Crippen molar-refractivity contribution in [1.82, 2.24) is 14.9 Å². The first-order valence-electron chi connectivity index (χ1n) is 7.22. The molecule has 1 aliphatic rings. The summed E-state index contributed by atoms with van der Waals surface area (Å²) in [4.78, 5) is 24.7. The Kier molecular flexibility index (Phi) is 4.07. The molecule has 2 heterocycles. The van der Waals surface area contributed by atoms with Crippen LogP contribution in [0.25, 0.3) is 0 Å². The van der Waals surface area contributed by atoms with Crippen LogP contribution in [0.4, 0.5) is 10.7 Å². The summed E-state index contributed by atoms with van der Waals surface area (Å²) in [6, 6.07) is 1.80. The van der Waals surface area contributed by atoms with Crippen molar-refractivity contribution < 1.29 is 9.53 Å². The topological polar surface area (TPSA) is 58.6 Å². The second kappa shape index (κ2) is 5.50. The van der Waals surface area contributed by atoms with Crippen LogP contribution in [0, 0.1) is 0 Å². The normalized spacial score (nSPS) is 18.5. The zero-order valence-corrected chi connectivity index (χ0v) is 13.5. The number of nitrogens with zero attached hydrogens (tertiary/aromatic N) is 4. The number of carbonyl (C=O) groups excluding carboxylic acids is 1. The van der Waals surface area contributed by atoms with Crippen LogP contribution >= 0.6 is 0 Å². The van der Waals surface area contributed by atoms with Crippen LogP contribution in [0.3, 0.4) is 0 Å². The minimum atomic E-state index is -0.471. The molecule has 0 radical (unpaired) electrons. The van der Waals surface area contributed by atoms with Gasteiger partial charge in [-0.2, -0.15) is 0 Å². The zero-order chi connectivity index (χ0) is 15.7. The summed E-state index contributed by atoms with van der Waals surface area (Å²) in [5.41, 5.74) is -0.711. The molecule has 0 bridgehead atoms. The third kappa shape index (κ3) is 3.83. The third-order valence-electron chi connectivity index (χ3n) is 3.35. The molecule has 0 unspecified atom stereocenters. The first-order valence-corrected chi connectivity index (χ1v) is 7.22. The molecule has 0 aliphatic carbocycles. The molecule has 1 aromatic heterocycles. The Bertz CT molecular complexity index is 496. The summed E-state index contributed by atoms with van der Waals surface area (Å²) in [7, 11) is 0. The van der Waals surface area contributed by atoms with E-state index in [4.69, 9.17) is 4.74 Å². The van der Waals surface area contributed by atoms with Gasteiger partial charge in [-0.1, -0.05) is 0 Å². The minimum Gasteiger partial charge on any atom is -0.444 e. The number of carbonyl (C=O) groups is 1. The fraction of sp³-hybridized carbons (Fsp3) is 0.667. The van der Waals surface area contributed by atoms with Gasteiger partial charge >= 0.3 is 6.09 Å². The monoisotopic (exact) mass is 292 g/mol. The Balaban J connectivity index is 2.08. The standard InChI is InChI=1S/C15H24N4O2/c1-14(2,3)21-13(20)18-9-10-19(15(4,5)11-18)12-16-7-6-8-17-12/h6-8H,9-11H2,1-5H3. The lowest BCUT2D eigenvalue weighted by molar-refractivity contribution is 0.0178. The number of hydrogen-bond donors (Lipinski definition) is 0. The van der Waals surface area contributed by atoms with Crippen molar-refractivity contribution in [2.24, 2.45) is 0 Å². The molecule has 0 aromatic carbocycles. The quantitative estimate of drug-likeness (QED) is 0.795. The van der Waals surface area contributed by atoms with E-state index in [-0.39, 0.29) is 11.6 Å². The predicted molar refractivity (Wildman–Crippen MR) is 81.3 cm³/mol. The Hall–Kier alpha value is -1.85. The highest BCUT2D eigenvalue weighted by molar-refractivity contribution is 5.69. The number of aromatic nitrogens is 2. The summed E-state index contributed by atoms with van der Waals surface area (Å²) < 4.78 is 5.45. The first kappa shape index (κ1) is 15.5. The lowest BCUT2D eigenvalue weighted by Crippen LogP contribution is -2.61. The molecule has 1 aliphatic heterocycles. The van der Waals surface area contributed by atoms with Gasteiger partial charge in [-0.25, -0.2) is 14.8 Å². The maximum absolute atomic E-state index is 12.2. The molecule has 6 nitrogen and oxygen atoms in total. The average Bonchev–Trinajstić information content (AvgIpc) is 2.36. The van der Waals surface area contributed by atoms with Gasteiger partial charge in [0.15, 0.2) is 0 Å². The fourth-order valence-electron chi connectivity index (χ4n) is 2.44. The van der Waals surface area contributed by atoms with Gasteiger partial charge in [0.25, 0.3) is 0 Å². The Morgan fingerprint density at radius 3 is 2.38 bits per heavy atom. The molecule has 1 aromatic rings. The van der Waals surface area contributed by atoms with Crippen LogP contribution < -0.4 is 4.90 Å². The van der Waals surface area contributed by atoms with Gasteiger partial charge in [0.2, 0.25) is 5.95 Å².